The summed E-state index contributed by atoms with van der Waals surface area (Å²) in [4.78, 5) is 33.3. The Hall–Kier alpha value is -1.82. The first-order valence-electron chi connectivity index (χ1n) is 5.62. The van der Waals surface area contributed by atoms with Crippen LogP contribution in [0.3, 0.4) is 0 Å². The van der Waals surface area contributed by atoms with Gasteiger partial charge in [0, 0.05) is 22.1 Å². The quantitative estimate of drug-likeness (QED) is 0.494. The van der Waals surface area contributed by atoms with E-state index in [-0.39, 0.29) is 23.5 Å². The van der Waals surface area contributed by atoms with Gasteiger partial charge in [0.1, 0.15) is 0 Å². The molecule has 1 aromatic rings. The van der Waals surface area contributed by atoms with E-state index in [2.05, 4.69) is 26.4 Å². The van der Waals surface area contributed by atoms with E-state index in [0.717, 1.165) is 4.47 Å². The normalized spacial score (nSPS) is 11.5. The summed E-state index contributed by atoms with van der Waals surface area (Å²) >= 11 is 3.30. The molecule has 100 valence electrons. The Bertz CT molecular complexity index is 553. The number of anilines is 1. The molecule has 1 amide bonds. The van der Waals surface area contributed by atoms with Crippen molar-refractivity contribution in [3.05, 3.63) is 38.8 Å². The highest BCUT2D eigenvalue weighted by molar-refractivity contribution is 9.10. The van der Waals surface area contributed by atoms with Gasteiger partial charge in [0.25, 0.3) is 0 Å². The van der Waals surface area contributed by atoms with Crippen LogP contribution < -0.4 is 5.32 Å². The van der Waals surface area contributed by atoms with Crippen LogP contribution in [0.25, 0.3) is 5.57 Å². The zero-order chi connectivity index (χ0) is 14.4. The van der Waals surface area contributed by atoms with Crippen LogP contribution in [-0.2, 0) is 9.59 Å². The Morgan fingerprint density at radius 3 is 2.68 bits per heavy atom. The average molecular weight is 325 g/mol. The molecular weight excluding hydrogens is 312 g/mol. The molecule has 0 aliphatic heterocycles. The number of nitrogens with one attached hydrogen (secondary N) is 1. The maximum Gasteiger partial charge on any atom is 0.211 e. The minimum absolute atomic E-state index is 0.0962. The van der Waals surface area contributed by atoms with Gasteiger partial charge in [-0.1, -0.05) is 22.9 Å². The van der Waals surface area contributed by atoms with Crippen molar-refractivity contribution in [2.45, 2.75) is 20.3 Å². The van der Waals surface area contributed by atoms with Crippen molar-refractivity contribution in [2.75, 3.05) is 5.32 Å². The maximum absolute atomic E-state index is 12.0. The number of Topliss-reactive ketones (excluding diaryl/α,β-unsaturated/α-hetero) is 1. The van der Waals surface area contributed by atoms with E-state index in [4.69, 9.17) is 0 Å². The molecule has 0 aliphatic carbocycles. The second-order valence-electron chi connectivity index (χ2n) is 3.78. The van der Waals surface area contributed by atoms with Gasteiger partial charge in [0.2, 0.25) is 6.41 Å². The predicted octanol–water partition coefficient (Wildman–Crippen LogP) is 3.49. The van der Waals surface area contributed by atoms with E-state index in [1.807, 2.05) is 0 Å². The van der Waals surface area contributed by atoms with Gasteiger partial charge < -0.3 is 5.32 Å². The molecule has 0 spiro atoms. The Kier molecular flexibility index (Phi) is 5.57. The number of allylic oxidation sites excluding steroid dienone is 2. The van der Waals surface area contributed by atoms with Crippen molar-refractivity contribution in [3.63, 3.8) is 0 Å². The van der Waals surface area contributed by atoms with Crippen LogP contribution in [0.5, 0.6) is 0 Å². The third kappa shape index (κ3) is 3.57. The van der Waals surface area contributed by atoms with Crippen molar-refractivity contribution in [2.24, 2.45) is 5.18 Å². The maximum atomic E-state index is 12.0. The number of hydrogen-bond donors (Lipinski definition) is 1. The van der Waals surface area contributed by atoms with Gasteiger partial charge in [-0.05, 0) is 30.3 Å². The van der Waals surface area contributed by atoms with E-state index in [0.29, 0.717) is 17.7 Å². The van der Waals surface area contributed by atoms with Crippen molar-refractivity contribution >= 4 is 39.4 Å². The molecule has 0 heterocycles. The molecule has 0 saturated carbocycles. The Morgan fingerprint density at radius 2 is 2.16 bits per heavy atom. The van der Waals surface area contributed by atoms with Crippen LogP contribution in [0.1, 0.15) is 25.8 Å². The van der Waals surface area contributed by atoms with Gasteiger partial charge >= 0.3 is 0 Å². The molecule has 0 aromatic heterocycles. The van der Waals surface area contributed by atoms with Crippen molar-refractivity contribution in [3.8, 4) is 0 Å². The molecule has 0 atom stereocenters. The van der Waals surface area contributed by atoms with Gasteiger partial charge in [-0.3, -0.25) is 9.59 Å². The molecular formula is C13H13BrN2O3. The third-order valence-corrected chi connectivity index (χ3v) is 3.06. The fourth-order valence-corrected chi connectivity index (χ4v) is 2.04. The lowest BCUT2D eigenvalue weighted by molar-refractivity contribution is -0.113. The fraction of sp³-hybridized carbons (Fsp3) is 0.231. The van der Waals surface area contributed by atoms with Gasteiger partial charge in [-0.15, -0.1) is 4.91 Å². The van der Waals surface area contributed by atoms with Gasteiger partial charge in [0.15, 0.2) is 5.78 Å². The number of ketones is 1. The molecule has 0 saturated heterocycles. The second kappa shape index (κ2) is 6.94. The number of amides is 1. The topological polar surface area (TPSA) is 75.6 Å². The van der Waals surface area contributed by atoms with Crippen LogP contribution in [0.4, 0.5) is 5.69 Å². The minimum atomic E-state index is -0.204. The van der Waals surface area contributed by atoms with Crippen molar-refractivity contribution in [1.82, 2.24) is 0 Å². The Balaban J connectivity index is 3.54. The molecule has 0 fully saturated rings. The smallest absolute Gasteiger partial charge is 0.211 e. The second-order valence-corrected chi connectivity index (χ2v) is 4.70. The highest BCUT2D eigenvalue weighted by Crippen LogP contribution is 2.31. The number of carbonyl (C=O) groups excluding carboxylic acids is 2. The number of nitrogens with zero attached hydrogens (tertiary/aromatic N) is 1. The summed E-state index contributed by atoms with van der Waals surface area (Å²) < 4.78 is 0.735. The molecule has 0 aliphatic rings. The molecule has 0 unspecified atom stereocenters. The first kappa shape index (κ1) is 15.2. The van der Waals surface area contributed by atoms with E-state index in [1.54, 1.807) is 25.1 Å². The molecule has 5 nitrogen and oxygen atoms in total. The summed E-state index contributed by atoms with van der Waals surface area (Å²) in [6.45, 7) is 3.17. The first-order chi connectivity index (χ1) is 9.04. The standard InChI is InChI=1S/C13H13BrN2O3/c1-3-12(18)13(8(2)16-19)10-6-9(14)4-5-11(10)15-7-17/h4-7H,3H2,1-2H3,(H,15,17)/b13-8-. The molecule has 6 heteroatoms. The predicted molar refractivity (Wildman–Crippen MR) is 77.5 cm³/mol. The SMILES string of the molecule is CCC(=O)/C(=C(/C)N=O)c1cc(Br)ccc1NC=O. The van der Waals surface area contributed by atoms with E-state index >= 15 is 0 Å². The van der Waals surface area contributed by atoms with Crippen molar-refractivity contribution < 1.29 is 9.59 Å². The molecule has 0 radical (unpaired) electrons. The number of rotatable bonds is 6. The summed E-state index contributed by atoms with van der Waals surface area (Å²) in [7, 11) is 0. The lowest BCUT2D eigenvalue weighted by Gasteiger charge is -2.12. The Labute approximate surface area is 119 Å². The molecule has 1 rings (SSSR count). The largest absolute Gasteiger partial charge is 0.328 e. The first-order valence-corrected chi connectivity index (χ1v) is 6.42. The fourth-order valence-electron chi connectivity index (χ4n) is 1.68. The monoisotopic (exact) mass is 324 g/mol. The zero-order valence-corrected chi connectivity index (χ0v) is 12.2. The van der Waals surface area contributed by atoms with Crippen molar-refractivity contribution in [1.29, 1.82) is 0 Å². The zero-order valence-electron chi connectivity index (χ0n) is 10.6. The molecule has 1 N–H and O–H groups in total. The van der Waals surface area contributed by atoms with Crippen LogP contribution in [0.15, 0.2) is 33.5 Å². The number of hydrogen-bond acceptors (Lipinski definition) is 4. The number of nitroso groups, excluding NO2 is 1. The molecule has 19 heavy (non-hydrogen) atoms. The van der Waals surface area contributed by atoms with Crippen LogP contribution in [0.2, 0.25) is 0 Å². The van der Waals surface area contributed by atoms with Crippen LogP contribution in [-0.4, -0.2) is 12.2 Å². The summed E-state index contributed by atoms with van der Waals surface area (Å²) in [5.74, 6) is -0.204. The molecule has 1 aromatic carbocycles. The highest BCUT2D eigenvalue weighted by atomic mass is 79.9. The summed E-state index contributed by atoms with van der Waals surface area (Å²) in [5, 5.41) is 5.35. The number of halogens is 1. The number of benzene rings is 1. The van der Waals surface area contributed by atoms with Gasteiger partial charge in [0.05, 0.1) is 11.3 Å². The number of carbonyl (C=O) groups is 2. The highest BCUT2D eigenvalue weighted by Gasteiger charge is 2.18. The Morgan fingerprint density at radius 1 is 1.47 bits per heavy atom. The minimum Gasteiger partial charge on any atom is -0.328 e. The summed E-state index contributed by atoms with van der Waals surface area (Å²) in [6, 6.07) is 5.05. The van der Waals surface area contributed by atoms with E-state index in [1.165, 1.54) is 6.92 Å². The lowest BCUT2D eigenvalue weighted by Crippen LogP contribution is -2.06. The molecule has 0 bridgehead atoms. The van der Waals surface area contributed by atoms with Crippen LogP contribution >= 0.6 is 15.9 Å². The summed E-state index contributed by atoms with van der Waals surface area (Å²) in [6.07, 6.45) is 0.764. The van der Waals surface area contributed by atoms with Gasteiger partial charge in [-0.25, -0.2) is 0 Å². The lowest BCUT2D eigenvalue weighted by atomic mass is 9.97. The van der Waals surface area contributed by atoms with E-state index in [9.17, 15) is 14.5 Å². The third-order valence-electron chi connectivity index (χ3n) is 2.56. The van der Waals surface area contributed by atoms with E-state index < -0.39 is 0 Å². The average Bonchev–Trinajstić information content (AvgIpc) is 2.41. The van der Waals surface area contributed by atoms with Crippen LogP contribution in [0, 0.1) is 4.91 Å². The van der Waals surface area contributed by atoms with Gasteiger partial charge in [-0.2, -0.15) is 0 Å². The summed E-state index contributed by atoms with van der Waals surface area (Å²) in [5.41, 5.74) is 1.26.